The Bertz CT molecular complexity index is 836. The molecule has 2 fully saturated rings. The molecule has 0 aliphatic carbocycles. The fourth-order valence-electron chi connectivity index (χ4n) is 3.19. The molecule has 3 rings (SSSR count). The number of thioether (sulfide) groups is 1. The topological polar surface area (TPSA) is 66.8 Å². The second-order valence-electron chi connectivity index (χ2n) is 6.99. The summed E-state index contributed by atoms with van der Waals surface area (Å²) in [5, 5.41) is 1.05. The van der Waals surface area contributed by atoms with E-state index in [1.165, 1.54) is 11.8 Å². The number of fused-ring (bicyclic) bond motifs is 1. The van der Waals surface area contributed by atoms with Crippen molar-refractivity contribution >= 4 is 50.0 Å². The van der Waals surface area contributed by atoms with Crippen LogP contribution in [0.2, 0.25) is 5.02 Å². The lowest BCUT2D eigenvalue weighted by molar-refractivity contribution is -0.118. The highest BCUT2D eigenvalue weighted by Crippen LogP contribution is 2.42. The number of aliphatic imine (C=N–C) groups is 1. The van der Waals surface area contributed by atoms with Gasteiger partial charge in [0.25, 0.3) is 0 Å². The maximum Gasteiger partial charge on any atom is 0.248 e. The zero-order valence-electron chi connectivity index (χ0n) is 14.4. The van der Waals surface area contributed by atoms with E-state index in [2.05, 4.69) is 4.99 Å². The van der Waals surface area contributed by atoms with Crippen LogP contribution in [0.15, 0.2) is 23.2 Å². The molecule has 25 heavy (non-hydrogen) atoms. The molecule has 5 nitrogen and oxygen atoms in total. The Morgan fingerprint density at radius 1 is 1.40 bits per heavy atom. The van der Waals surface area contributed by atoms with Gasteiger partial charge in [-0.05, 0) is 30.5 Å². The van der Waals surface area contributed by atoms with Gasteiger partial charge in [-0.15, -0.1) is 0 Å². The molecule has 2 aliphatic rings. The fraction of sp³-hybridized carbons (Fsp3) is 0.529. The molecule has 0 spiro atoms. The van der Waals surface area contributed by atoms with Crippen LogP contribution in [-0.4, -0.2) is 42.3 Å². The lowest BCUT2D eigenvalue weighted by Gasteiger charge is -2.26. The molecule has 0 N–H and O–H groups in total. The highest BCUT2D eigenvalue weighted by atomic mass is 35.5. The molecular weight excluding hydrogens is 380 g/mol. The molecule has 2 aliphatic heterocycles. The van der Waals surface area contributed by atoms with Gasteiger partial charge in [0.1, 0.15) is 0 Å². The number of hydrogen-bond donors (Lipinski definition) is 0. The van der Waals surface area contributed by atoms with Gasteiger partial charge >= 0.3 is 0 Å². The van der Waals surface area contributed by atoms with Crippen LogP contribution in [-0.2, 0) is 14.6 Å². The fourth-order valence-corrected chi connectivity index (χ4v) is 7.28. The van der Waals surface area contributed by atoms with E-state index in [-0.39, 0.29) is 34.6 Å². The molecule has 0 aromatic heterocycles. The number of nitrogens with zero attached hydrogens (tertiary/aromatic N) is 2. The van der Waals surface area contributed by atoms with Gasteiger partial charge in [-0.2, -0.15) is 4.99 Å². The molecular formula is C17H21ClN2O3S2. The monoisotopic (exact) mass is 400 g/mol. The Morgan fingerprint density at radius 2 is 2.12 bits per heavy atom. The molecule has 2 saturated heterocycles. The van der Waals surface area contributed by atoms with Crippen molar-refractivity contribution in [2.75, 3.05) is 16.4 Å². The van der Waals surface area contributed by atoms with Gasteiger partial charge in [0.2, 0.25) is 5.91 Å². The minimum Gasteiger partial charge on any atom is -0.315 e. The Hall–Kier alpha value is -1.05. The van der Waals surface area contributed by atoms with Gasteiger partial charge in [0.15, 0.2) is 15.0 Å². The first-order chi connectivity index (χ1) is 11.7. The Balaban J connectivity index is 2.02. The number of amides is 1. The molecule has 8 heteroatoms. The summed E-state index contributed by atoms with van der Waals surface area (Å²) in [4.78, 5) is 18.4. The van der Waals surface area contributed by atoms with E-state index in [9.17, 15) is 13.2 Å². The van der Waals surface area contributed by atoms with Crippen molar-refractivity contribution in [1.82, 2.24) is 0 Å². The maximum atomic E-state index is 12.2. The quantitative estimate of drug-likeness (QED) is 0.778. The average molecular weight is 401 g/mol. The normalized spacial score (nSPS) is 26.4. The molecule has 0 bridgehead atoms. The van der Waals surface area contributed by atoms with Crippen molar-refractivity contribution in [2.24, 2.45) is 10.9 Å². The van der Waals surface area contributed by atoms with Gasteiger partial charge < -0.3 is 4.90 Å². The maximum absolute atomic E-state index is 12.2. The highest BCUT2D eigenvalue weighted by Gasteiger charge is 2.49. The number of benzene rings is 1. The third-order valence-corrected chi connectivity index (χ3v) is 7.75. The SMILES string of the molecule is Cc1ccc(Cl)cc1N1C(=NC(=O)CC(C)C)S[C@@H]2CS(=O)(=O)C[C@H]21. The van der Waals surface area contributed by atoms with Crippen LogP contribution in [0, 0.1) is 12.8 Å². The first-order valence-corrected chi connectivity index (χ1v) is 11.3. The van der Waals surface area contributed by atoms with E-state index < -0.39 is 9.84 Å². The van der Waals surface area contributed by atoms with Crippen molar-refractivity contribution in [3.05, 3.63) is 28.8 Å². The lowest BCUT2D eigenvalue weighted by Crippen LogP contribution is -2.38. The second kappa shape index (κ2) is 6.93. The Morgan fingerprint density at radius 3 is 2.80 bits per heavy atom. The summed E-state index contributed by atoms with van der Waals surface area (Å²) < 4.78 is 24.1. The highest BCUT2D eigenvalue weighted by molar-refractivity contribution is 8.16. The van der Waals surface area contributed by atoms with Crippen LogP contribution in [0.5, 0.6) is 0 Å². The molecule has 2 heterocycles. The smallest absolute Gasteiger partial charge is 0.248 e. The van der Waals surface area contributed by atoms with Crippen LogP contribution >= 0.6 is 23.4 Å². The second-order valence-corrected chi connectivity index (χ2v) is 10.8. The number of rotatable bonds is 3. The number of carbonyl (C=O) groups is 1. The Labute approximate surface area is 157 Å². The number of amidine groups is 1. The van der Waals surface area contributed by atoms with Crippen molar-refractivity contribution in [2.45, 2.75) is 38.5 Å². The van der Waals surface area contributed by atoms with E-state index in [1.54, 1.807) is 6.07 Å². The van der Waals surface area contributed by atoms with Crippen LogP contribution in [0.1, 0.15) is 25.8 Å². The largest absolute Gasteiger partial charge is 0.315 e. The number of halogens is 1. The zero-order chi connectivity index (χ0) is 18.4. The zero-order valence-corrected chi connectivity index (χ0v) is 16.8. The van der Waals surface area contributed by atoms with E-state index in [1.807, 2.05) is 37.8 Å². The summed E-state index contributed by atoms with van der Waals surface area (Å²) in [6.07, 6.45) is 0.375. The number of anilines is 1. The summed E-state index contributed by atoms with van der Waals surface area (Å²) in [5.41, 5.74) is 1.79. The van der Waals surface area contributed by atoms with Crippen LogP contribution < -0.4 is 4.90 Å². The summed E-state index contributed by atoms with van der Waals surface area (Å²) in [7, 11) is -3.08. The van der Waals surface area contributed by atoms with Crippen LogP contribution in [0.25, 0.3) is 0 Å². The Kier molecular flexibility index (Phi) is 5.19. The van der Waals surface area contributed by atoms with E-state index in [0.717, 1.165) is 11.3 Å². The molecule has 0 saturated carbocycles. The van der Waals surface area contributed by atoms with Crippen molar-refractivity contribution in [3.8, 4) is 0 Å². The van der Waals surface area contributed by atoms with Crippen molar-refractivity contribution < 1.29 is 13.2 Å². The molecule has 1 amide bonds. The van der Waals surface area contributed by atoms with Gasteiger partial charge in [-0.1, -0.05) is 43.3 Å². The third-order valence-electron chi connectivity index (χ3n) is 4.30. The van der Waals surface area contributed by atoms with Gasteiger partial charge in [-0.3, -0.25) is 4.79 Å². The minimum absolute atomic E-state index is 0.0774. The predicted octanol–water partition coefficient (Wildman–Crippen LogP) is 3.30. The summed E-state index contributed by atoms with van der Waals surface area (Å²) in [6, 6.07) is 5.30. The number of hydrogen-bond acceptors (Lipinski definition) is 4. The minimum atomic E-state index is -3.08. The summed E-state index contributed by atoms with van der Waals surface area (Å²) in [6.45, 7) is 5.89. The standard InChI is InChI=1S/C17H21ClN2O3S2/c1-10(2)6-16(21)19-17-20(13-7-12(18)5-4-11(13)3)14-8-25(22,23)9-15(14)24-17/h4-5,7,10,14-15H,6,8-9H2,1-3H3/t14-,15-/m1/s1. The molecule has 136 valence electrons. The van der Waals surface area contributed by atoms with Gasteiger partial charge in [-0.25, -0.2) is 8.42 Å². The first-order valence-electron chi connectivity index (χ1n) is 8.20. The van der Waals surface area contributed by atoms with Crippen molar-refractivity contribution in [3.63, 3.8) is 0 Å². The van der Waals surface area contributed by atoms with Gasteiger partial charge in [0, 0.05) is 22.4 Å². The van der Waals surface area contributed by atoms with E-state index >= 15 is 0 Å². The average Bonchev–Trinajstić information content (AvgIpc) is 2.92. The molecule has 0 radical (unpaired) electrons. The van der Waals surface area contributed by atoms with Crippen LogP contribution in [0.3, 0.4) is 0 Å². The van der Waals surface area contributed by atoms with E-state index in [4.69, 9.17) is 11.6 Å². The van der Waals surface area contributed by atoms with Crippen molar-refractivity contribution in [1.29, 1.82) is 0 Å². The number of carbonyl (C=O) groups excluding carboxylic acids is 1. The molecule has 1 aromatic rings. The molecule has 1 aromatic carbocycles. The predicted molar refractivity (Wildman–Crippen MR) is 104 cm³/mol. The number of sulfone groups is 1. The van der Waals surface area contributed by atoms with E-state index in [0.29, 0.717) is 16.6 Å². The number of aryl methyl sites for hydroxylation is 1. The molecule has 0 unspecified atom stereocenters. The summed E-state index contributed by atoms with van der Waals surface area (Å²) in [5.74, 6) is 0.249. The lowest BCUT2D eigenvalue weighted by atomic mass is 10.1. The van der Waals surface area contributed by atoms with Crippen LogP contribution in [0.4, 0.5) is 5.69 Å². The summed E-state index contributed by atoms with van der Waals surface area (Å²) >= 11 is 7.55. The van der Waals surface area contributed by atoms with Gasteiger partial charge in [0.05, 0.1) is 17.5 Å². The first kappa shape index (κ1) is 18.7. The third kappa shape index (κ3) is 4.04. The molecule has 2 atom stereocenters.